The van der Waals surface area contributed by atoms with Crippen molar-refractivity contribution in [3.8, 4) is 0 Å². The van der Waals surface area contributed by atoms with Crippen LogP contribution in [0.3, 0.4) is 0 Å². The molecule has 0 fully saturated rings. The monoisotopic (exact) mass is 274 g/mol. The summed E-state index contributed by atoms with van der Waals surface area (Å²) in [6.45, 7) is 7.52. The van der Waals surface area contributed by atoms with E-state index in [0.29, 0.717) is 5.56 Å². The van der Waals surface area contributed by atoms with E-state index in [1.54, 1.807) is 12.1 Å². The molecule has 0 aliphatic heterocycles. The molecule has 106 valence electrons. The molecule has 1 rings (SSSR count). The van der Waals surface area contributed by atoms with E-state index in [-0.39, 0.29) is 5.41 Å². The van der Waals surface area contributed by atoms with Crippen molar-refractivity contribution in [1.82, 2.24) is 0 Å². The molecule has 0 N–H and O–H groups in total. The zero-order chi connectivity index (χ0) is 14.8. The molecular weight excluding hydrogens is 257 g/mol. The fraction of sp³-hybridized carbons (Fsp3) is 0.500. The van der Waals surface area contributed by atoms with Crippen molar-refractivity contribution < 1.29 is 22.7 Å². The topological polar surface area (TPSA) is 26.3 Å². The lowest BCUT2D eigenvalue weighted by Crippen LogP contribution is -2.26. The summed E-state index contributed by atoms with van der Waals surface area (Å²) in [5.74, 6) is -2.17. The predicted molar refractivity (Wildman–Crippen MR) is 65.7 cm³/mol. The Morgan fingerprint density at radius 2 is 1.58 bits per heavy atom. The SMILES string of the molecule is CC(OC(=O)C(F)(F)F)c1ccc(C(C)(C)C)cc1. The molecule has 1 unspecified atom stereocenters. The van der Waals surface area contributed by atoms with Gasteiger partial charge in [-0.25, -0.2) is 4.79 Å². The average molecular weight is 274 g/mol. The molecule has 0 aliphatic carbocycles. The first-order valence-electron chi connectivity index (χ1n) is 5.90. The van der Waals surface area contributed by atoms with Crippen molar-refractivity contribution in [1.29, 1.82) is 0 Å². The number of benzene rings is 1. The first kappa shape index (κ1) is 15.5. The van der Waals surface area contributed by atoms with Crippen LogP contribution < -0.4 is 0 Å². The van der Waals surface area contributed by atoms with Crippen LogP contribution in [0.1, 0.15) is 44.9 Å². The fourth-order valence-corrected chi connectivity index (χ4v) is 1.55. The summed E-state index contributed by atoms with van der Waals surface area (Å²) >= 11 is 0. The lowest BCUT2D eigenvalue weighted by molar-refractivity contribution is -0.204. The van der Waals surface area contributed by atoms with Gasteiger partial charge >= 0.3 is 12.1 Å². The van der Waals surface area contributed by atoms with Crippen molar-refractivity contribution in [3.05, 3.63) is 35.4 Å². The van der Waals surface area contributed by atoms with Gasteiger partial charge in [-0.05, 0) is 23.5 Å². The maximum Gasteiger partial charge on any atom is 0.490 e. The van der Waals surface area contributed by atoms with Crippen molar-refractivity contribution in [2.45, 2.75) is 45.4 Å². The highest BCUT2D eigenvalue weighted by Crippen LogP contribution is 2.26. The number of ether oxygens (including phenoxy) is 1. The lowest BCUT2D eigenvalue weighted by Gasteiger charge is -2.20. The minimum Gasteiger partial charge on any atom is -0.451 e. The van der Waals surface area contributed by atoms with E-state index in [1.807, 2.05) is 32.9 Å². The smallest absolute Gasteiger partial charge is 0.451 e. The standard InChI is InChI=1S/C14H17F3O2/c1-9(19-12(18)14(15,16)17)10-5-7-11(8-6-10)13(2,3)4/h5-9H,1-4H3. The second kappa shape index (κ2) is 5.23. The summed E-state index contributed by atoms with van der Waals surface area (Å²) in [7, 11) is 0. The Morgan fingerprint density at radius 1 is 1.11 bits per heavy atom. The number of hydrogen-bond donors (Lipinski definition) is 0. The van der Waals surface area contributed by atoms with Crippen molar-refractivity contribution >= 4 is 5.97 Å². The zero-order valence-corrected chi connectivity index (χ0v) is 11.3. The van der Waals surface area contributed by atoms with Crippen LogP contribution in [0.15, 0.2) is 24.3 Å². The van der Waals surface area contributed by atoms with Gasteiger partial charge in [-0.2, -0.15) is 13.2 Å². The minimum absolute atomic E-state index is 0.0373. The van der Waals surface area contributed by atoms with E-state index in [2.05, 4.69) is 4.74 Å². The van der Waals surface area contributed by atoms with Gasteiger partial charge in [0.2, 0.25) is 0 Å². The van der Waals surface area contributed by atoms with Gasteiger partial charge in [-0.15, -0.1) is 0 Å². The molecule has 5 heteroatoms. The number of esters is 1. The van der Waals surface area contributed by atoms with Crippen molar-refractivity contribution in [3.63, 3.8) is 0 Å². The minimum atomic E-state index is -4.96. The van der Waals surface area contributed by atoms with Gasteiger partial charge in [0.15, 0.2) is 0 Å². The molecule has 0 spiro atoms. The van der Waals surface area contributed by atoms with Crippen LogP contribution in [0, 0.1) is 0 Å². The molecule has 1 atom stereocenters. The zero-order valence-electron chi connectivity index (χ0n) is 11.3. The number of alkyl halides is 3. The highest BCUT2D eigenvalue weighted by molar-refractivity contribution is 5.75. The number of rotatable bonds is 2. The number of halogens is 3. The van der Waals surface area contributed by atoms with Gasteiger partial charge in [0, 0.05) is 0 Å². The van der Waals surface area contributed by atoms with E-state index in [9.17, 15) is 18.0 Å². The maximum absolute atomic E-state index is 12.1. The van der Waals surface area contributed by atoms with Crippen LogP contribution in [0.2, 0.25) is 0 Å². The van der Waals surface area contributed by atoms with Crippen molar-refractivity contribution in [2.75, 3.05) is 0 Å². The van der Waals surface area contributed by atoms with Gasteiger partial charge in [-0.1, -0.05) is 45.0 Å². The lowest BCUT2D eigenvalue weighted by atomic mass is 9.86. The molecule has 0 saturated heterocycles. The molecule has 1 aromatic rings. The van der Waals surface area contributed by atoms with E-state index in [1.165, 1.54) is 6.92 Å². The normalized spacial score (nSPS) is 14.1. The second-order valence-electron chi connectivity index (χ2n) is 5.42. The summed E-state index contributed by atoms with van der Waals surface area (Å²) in [5.41, 5.74) is 1.56. The summed E-state index contributed by atoms with van der Waals surface area (Å²) in [5, 5.41) is 0. The van der Waals surface area contributed by atoms with Crippen LogP contribution in [0.25, 0.3) is 0 Å². The van der Waals surface area contributed by atoms with Gasteiger partial charge in [0.25, 0.3) is 0 Å². The first-order valence-corrected chi connectivity index (χ1v) is 5.90. The molecule has 0 aliphatic rings. The Kier molecular flexibility index (Phi) is 4.28. The molecule has 1 aromatic carbocycles. The summed E-state index contributed by atoms with van der Waals surface area (Å²) in [4.78, 5) is 10.7. The van der Waals surface area contributed by atoms with Gasteiger partial charge in [0.1, 0.15) is 6.10 Å². The van der Waals surface area contributed by atoms with E-state index < -0.39 is 18.2 Å². The molecule has 0 saturated carbocycles. The molecule has 0 amide bonds. The van der Waals surface area contributed by atoms with Crippen LogP contribution >= 0.6 is 0 Å². The molecule has 2 nitrogen and oxygen atoms in total. The van der Waals surface area contributed by atoms with E-state index >= 15 is 0 Å². The maximum atomic E-state index is 12.1. The summed E-state index contributed by atoms with van der Waals surface area (Å²) in [6.07, 6.45) is -5.89. The van der Waals surface area contributed by atoms with Crippen LogP contribution in [0.5, 0.6) is 0 Å². The second-order valence-corrected chi connectivity index (χ2v) is 5.42. The highest BCUT2D eigenvalue weighted by Gasteiger charge is 2.41. The summed E-state index contributed by atoms with van der Waals surface area (Å²) in [6, 6.07) is 7.00. The molecule has 19 heavy (non-hydrogen) atoms. The molecule has 0 bridgehead atoms. The third-order valence-corrected chi connectivity index (χ3v) is 2.76. The van der Waals surface area contributed by atoms with E-state index in [4.69, 9.17) is 0 Å². The quantitative estimate of drug-likeness (QED) is 0.757. The Morgan fingerprint density at radius 3 is 1.95 bits per heavy atom. The molecule has 0 heterocycles. The highest BCUT2D eigenvalue weighted by atomic mass is 19.4. The van der Waals surface area contributed by atoms with Gasteiger partial charge in [0.05, 0.1) is 0 Å². The van der Waals surface area contributed by atoms with Crippen LogP contribution in [0.4, 0.5) is 13.2 Å². The van der Waals surface area contributed by atoms with Crippen LogP contribution in [-0.4, -0.2) is 12.1 Å². The Bertz CT molecular complexity index is 441. The largest absolute Gasteiger partial charge is 0.490 e. The van der Waals surface area contributed by atoms with E-state index in [0.717, 1.165) is 5.56 Å². The molecule has 0 radical (unpaired) electrons. The number of carbonyl (C=O) groups excluding carboxylic acids is 1. The first-order chi connectivity index (χ1) is 8.51. The fourth-order valence-electron chi connectivity index (χ4n) is 1.55. The molecular formula is C14H17F3O2. The Hall–Kier alpha value is -1.52. The number of hydrogen-bond acceptors (Lipinski definition) is 2. The third-order valence-electron chi connectivity index (χ3n) is 2.76. The Balaban J connectivity index is 2.79. The predicted octanol–water partition coefficient (Wildman–Crippen LogP) is 4.15. The van der Waals surface area contributed by atoms with Crippen molar-refractivity contribution in [2.24, 2.45) is 0 Å². The van der Waals surface area contributed by atoms with Gasteiger partial charge < -0.3 is 4.74 Å². The van der Waals surface area contributed by atoms with Gasteiger partial charge in [-0.3, -0.25) is 0 Å². The third kappa shape index (κ3) is 4.26. The average Bonchev–Trinajstić information content (AvgIpc) is 2.26. The van der Waals surface area contributed by atoms with Crippen LogP contribution in [-0.2, 0) is 14.9 Å². The molecule has 0 aromatic heterocycles. The summed E-state index contributed by atoms with van der Waals surface area (Å²) < 4.78 is 40.6. The Labute approximate surface area is 110 Å². The number of carbonyl (C=O) groups is 1.